The van der Waals surface area contributed by atoms with Crippen molar-refractivity contribution >= 4 is 12.0 Å². The summed E-state index contributed by atoms with van der Waals surface area (Å²) in [7, 11) is 1.74. The van der Waals surface area contributed by atoms with E-state index in [1.165, 1.54) is 31.8 Å². The van der Waals surface area contributed by atoms with E-state index in [0.717, 1.165) is 18.4 Å². The zero-order valence-electron chi connectivity index (χ0n) is 12.0. The molecule has 0 aromatic heterocycles. The van der Waals surface area contributed by atoms with Crippen LogP contribution in [0.1, 0.15) is 32.1 Å². The fraction of sp³-hybridized carbons (Fsp3) is 0.733. The second-order valence-electron chi connectivity index (χ2n) is 6.18. The molecule has 2 aliphatic rings. The average Bonchev–Trinajstić information content (AvgIpc) is 3.00. The van der Waals surface area contributed by atoms with E-state index in [1.807, 2.05) is 0 Å². The van der Waals surface area contributed by atoms with Crippen LogP contribution in [-0.4, -0.2) is 41.6 Å². The molecule has 5 nitrogen and oxygen atoms in total. The molecule has 2 saturated carbocycles. The van der Waals surface area contributed by atoms with Crippen molar-refractivity contribution in [3.63, 3.8) is 0 Å². The Balaban J connectivity index is 1.82. The molecule has 2 fully saturated rings. The van der Waals surface area contributed by atoms with Crippen molar-refractivity contribution in [2.24, 2.45) is 17.8 Å². The minimum atomic E-state index is -1.02. The van der Waals surface area contributed by atoms with Gasteiger partial charge in [-0.2, -0.15) is 0 Å². The highest BCUT2D eigenvalue weighted by Gasteiger charge is 2.40. The predicted molar refractivity (Wildman–Crippen MR) is 76.3 cm³/mol. The van der Waals surface area contributed by atoms with Crippen LogP contribution in [0, 0.1) is 17.8 Å². The van der Waals surface area contributed by atoms with Crippen LogP contribution in [0.5, 0.6) is 0 Å². The van der Waals surface area contributed by atoms with Crippen molar-refractivity contribution in [1.29, 1.82) is 0 Å². The van der Waals surface area contributed by atoms with E-state index >= 15 is 0 Å². The van der Waals surface area contributed by atoms with Crippen LogP contribution in [0.15, 0.2) is 12.7 Å². The Bertz CT molecular complexity index is 397. The SMILES string of the molecule is C=CCC(NC(=O)N(C)CC1CC2CCC1C2)C(=O)O. The maximum atomic E-state index is 12.0. The Morgan fingerprint density at radius 1 is 1.45 bits per heavy atom. The first kappa shape index (κ1) is 14.9. The largest absolute Gasteiger partial charge is 0.480 e. The first-order valence-corrected chi connectivity index (χ1v) is 7.36. The van der Waals surface area contributed by atoms with Crippen molar-refractivity contribution < 1.29 is 14.7 Å². The van der Waals surface area contributed by atoms with Crippen LogP contribution < -0.4 is 5.32 Å². The molecule has 0 aliphatic heterocycles. The third-order valence-electron chi connectivity index (χ3n) is 4.74. The number of fused-ring (bicyclic) bond motifs is 2. The van der Waals surface area contributed by atoms with E-state index in [0.29, 0.717) is 5.92 Å². The quantitative estimate of drug-likeness (QED) is 0.732. The third-order valence-corrected chi connectivity index (χ3v) is 4.74. The van der Waals surface area contributed by atoms with Gasteiger partial charge in [0.1, 0.15) is 6.04 Å². The maximum Gasteiger partial charge on any atom is 0.326 e. The van der Waals surface area contributed by atoms with Gasteiger partial charge < -0.3 is 15.3 Å². The molecule has 2 amide bonds. The Morgan fingerprint density at radius 3 is 2.70 bits per heavy atom. The lowest BCUT2D eigenvalue weighted by Crippen LogP contribution is -2.47. The van der Waals surface area contributed by atoms with Crippen molar-refractivity contribution in [3.8, 4) is 0 Å². The van der Waals surface area contributed by atoms with E-state index < -0.39 is 12.0 Å². The van der Waals surface area contributed by atoms with Crippen molar-refractivity contribution in [3.05, 3.63) is 12.7 Å². The highest BCUT2D eigenvalue weighted by Crippen LogP contribution is 2.48. The van der Waals surface area contributed by atoms with Gasteiger partial charge in [0.15, 0.2) is 0 Å². The molecule has 4 atom stereocenters. The Kier molecular flexibility index (Phi) is 4.68. The van der Waals surface area contributed by atoms with Gasteiger partial charge in [-0.3, -0.25) is 0 Å². The lowest BCUT2D eigenvalue weighted by atomic mass is 9.88. The molecule has 0 radical (unpaired) electrons. The number of carboxylic acid groups (broad SMARTS) is 1. The van der Waals surface area contributed by atoms with E-state index in [9.17, 15) is 9.59 Å². The van der Waals surface area contributed by atoms with Gasteiger partial charge in [-0.05, 0) is 43.4 Å². The molecule has 2 aliphatic carbocycles. The summed E-state index contributed by atoms with van der Waals surface area (Å²) in [5.74, 6) is 1.19. The van der Waals surface area contributed by atoms with Gasteiger partial charge in [0.05, 0.1) is 0 Å². The summed E-state index contributed by atoms with van der Waals surface area (Å²) < 4.78 is 0. The van der Waals surface area contributed by atoms with Crippen LogP contribution in [0.4, 0.5) is 4.79 Å². The summed E-state index contributed by atoms with van der Waals surface area (Å²) in [6.45, 7) is 4.25. The lowest BCUT2D eigenvalue weighted by molar-refractivity contribution is -0.139. The summed E-state index contributed by atoms with van der Waals surface area (Å²) in [6, 6.07) is -1.19. The summed E-state index contributed by atoms with van der Waals surface area (Å²) in [5, 5.41) is 11.6. The van der Waals surface area contributed by atoms with Crippen LogP contribution in [-0.2, 0) is 4.79 Å². The minimum Gasteiger partial charge on any atom is -0.480 e. The number of aliphatic carboxylic acids is 1. The zero-order valence-corrected chi connectivity index (χ0v) is 12.0. The van der Waals surface area contributed by atoms with Crippen molar-refractivity contribution in [1.82, 2.24) is 10.2 Å². The molecule has 0 spiro atoms. The summed E-state index contributed by atoms with van der Waals surface area (Å²) >= 11 is 0. The molecule has 2 rings (SSSR count). The molecule has 0 aromatic carbocycles. The normalized spacial score (nSPS) is 28.9. The molecule has 20 heavy (non-hydrogen) atoms. The molecule has 4 unspecified atom stereocenters. The van der Waals surface area contributed by atoms with Gasteiger partial charge in [-0.25, -0.2) is 9.59 Å². The number of nitrogens with one attached hydrogen (secondary N) is 1. The number of carboxylic acids is 1. The average molecular weight is 280 g/mol. The molecule has 0 heterocycles. The number of hydrogen-bond donors (Lipinski definition) is 2. The molecular weight excluding hydrogens is 256 g/mol. The molecular formula is C15H24N2O3. The topological polar surface area (TPSA) is 69.6 Å². The zero-order chi connectivity index (χ0) is 14.7. The number of carbonyl (C=O) groups excluding carboxylic acids is 1. The fourth-order valence-corrected chi connectivity index (χ4v) is 3.68. The Morgan fingerprint density at radius 2 is 2.20 bits per heavy atom. The van der Waals surface area contributed by atoms with Crippen LogP contribution >= 0.6 is 0 Å². The Hall–Kier alpha value is -1.52. The molecule has 112 valence electrons. The molecule has 0 aromatic rings. The molecule has 0 saturated heterocycles. The summed E-state index contributed by atoms with van der Waals surface area (Å²) in [5.41, 5.74) is 0. The lowest BCUT2D eigenvalue weighted by Gasteiger charge is -2.28. The standard InChI is InChI=1S/C15H24N2O3/c1-3-4-13(14(18)19)16-15(20)17(2)9-12-8-10-5-6-11(12)7-10/h3,10-13H,1,4-9H2,2H3,(H,16,20)(H,18,19). The van der Waals surface area contributed by atoms with E-state index in [2.05, 4.69) is 11.9 Å². The Labute approximate surface area is 120 Å². The van der Waals surface area contributed by atoms with Gasteiger partial charge >= 0.3 is 12.0 Å². The van der Waals surface area contributed by atoms with Gasteiger partial charge in [-0.1, -0.05) is 12.5 Å². The fourth-order valence-electron chi connectivity index (χ4n) is 3.68. The van der Waals surface area contributed by atoms with Gasteiger partial charge in [0.25, 0.3) is 0 Å². The third kappa shape index (κ3) is 3.32. The van der Waals surface area contributed by atoms with E-state index in [4.69, 9.17) is 5.11 Å². The first-order chi connectivity index (χ1) is 9.51. The van der Waals surface area contributed by atoms with Crippen LogP contribution in [0.3, 0.4) is 0 Å². The highest BCUT2D eigenvalue weighted by molar-refractivity contribution is 5.82. The van der Waals surface area contributed by atoms with E-state index in [-0.39, 0.29) is 12.5 Å². The van der Waals surface area contributed by atoms with Gasteiger partial charge in [-0.15, -0.1) is 6.58 Å². The van der Waals surface area contributed by atoms with Crippen LogP contribution in [0.2, 0.25) is 0 Å². The van der Waals surface area contributed by atoms with Gasteiger partial charge in [0.2, 0.25) is 0 Å². The maximum absolute atomic E-state index is 12.0. The molecule has 2 N–H and O–H groups in total. The molecule has 2 bridgehead atoms. The monoisotopic (exact) mass is 280 g/mol. The second-order valence-corrected chi connectivity index (χ2v) is 6.18. The number of hydrogen-bond acceptors (Lipinski definition) is 2. The summed E-state index contributed by atoms with van der Waals surface area (Å²) in [6.07, 6.45) is 6.92. The second kappa shape index (κ2) is 6.29. The smallest absolute Gasteiger partial charge is 0.326 e. The number of carbonyl (C=O) groups is 2. The van der Waals surface area contributed by atoms with Crippen molar-refractivity contribution in [2.45, 2.75) is 38.1 Å². The van der Waals surface area contributed by atoms with E-state index in [1.54, 1.807) is 11.9 Å². The number of amides is 2. The number of urea groups is 1. The van der Waals surface area contributed by atoms with Crippen LogP contribution in [0.25, 0.3) is 0 Å². The number of rotatable bonds is 6. The summed E-state index contributed by atoms with van der Waals surface area (Å²) in [4.78, 5) is 24.7. The predicted octanol–water partition coefficient (Wildman–Crippen LogP) is 2.09. The van der Waals surface area contributed by atoms with Gasteiger partial charge in [0, 0.05) is 13.6 Å². The molecule has 5 heteroatoms. The first-order valence-electron chi connectivity index (χ1n) is 7.36. The highest BCUT2D eigenvalue weighted by atomic mass is 16.4. The minimum absolute atomic E-state index is 0.239. The van der Waals surface area contributed by atoms with Crippen molar-refractivity contribution in [2.75, 3.05) is 13.6 Å². The number of nitrogens with zero attached hydrogens (tertiary/aromatic N) is 1.